The first kappa shape index (κ1) is 33.7. The zero-order valence-electron chi connectivity index (χ0n) is 24.2. The molecule has 2 amide bonds. The van der Waals surface area contributed by atoms with Crippen molar-refractivity contribution in [3.8, 4) is 15.6 Å². The number of carbonyl (C=O) groups is 2. The van der Waals surface area contributed by atoms with Crippen molar-refractivity contribution < 1.29 is 26.9 Å². The number of amides is 2. The standard InChI is InChI=1S/C26H26N4O6S3.C3H9N/c1-35-26(32)30-21(15-17-6-3-2-4-7-17)24(31)28-20(22-16-38-25(29-22)23-8-5-13-37-23)14-18-9-11-19(12-10-18)36-39(27,33)34;1-4(2)3/h2-13,16,20-21H,14-15H2,1H3,(H,28,31)(H,30,32)(H2,27,33,34);1-3H3/t20-,21-;/m0./s1. The fourth-order valence-corrected chi connectivity index (χ4v) is 5.84. The van der Waals surface area contributed by atoms with E-state index in [1.165, 1.54) is 30.6 Å². The normalized spacial score (nSPS) is 12.4. The topological polar surface area (TPSA) is 153 Å². The van der Waals surface area contributed by atoms with Crippen molar-refractivity contribution in [2.75, 3.05) is 28.3 Å². The summed E-state index contributed by atoms with van der Waals surface area (Å²) in [7, 11) is 3.09. The van der Waals surface area contributed by atoms with E-state index in [0.717, 1.165) is 21.0 Å². The zero-order valence-corrected chi connectivity index (χ0v) is 26.7. The number of nitrogens with two attached hydrogens (primary N) is 1. The first-order chi connectivity index (χ1) is 20.4. The average molecular weight is 646 g/mol. The lowest BCUT2D eigenvalue weighted by atomic mass is 10.0. The number of carbonyl (C=O) groups excluding carboxylic acids is 2. The molecule has 2 heterocycles. The Bertz CT molecular complexity index is 1540. The monoisotopic (exact) mass is 645 g/mol. The summed E-state index contributed by atoms with van der Waals surface area (Å²) in [5.41, 5.74) is 2.30. The number of hydrogen-bond acceptors (Lipinski definition) is 10. The van der Waals surface area contributed by atoms with Gasteiger partial charge >= 0.3 is 16.4 Å². The molecular weight excluding hydrogens is 611 g/mol. The molecule has 4 aromatic rings. The second-order valence-corrected chi connectivity index (χ2v) is 12.7. The summed E-state index contributed by atoms with van der Waals surface area (Å²) in [4.78, 5) is 33.3. The van der Waals surface area contributed by atoms with E-state index in [4.69, 9.17) is 19.0 Å². The second kappa shape index (κ2) is 16.1. The van der Waals surface area contributed by atoms with Crippen LogP contribution in [0.4, 0.5) is 4.79 Å². The highest BCUT2D eigenvalue weighted by atomic mass is 32.2. The van der Waals surface area contributed by atoms with E-state index in [1.54, 1.807) is 23.5 Å². The van der Waals surface area contributed by atoms with Crippen LogP contribution >= 0.6 is 22.7 Å². The minimum Gasteiger partial charge on any atom is -0.453 e. The van der Waals surface area contributed by atoms with Crippen molar-refractivity contribution in [3.05, 3.63) is 94.3 Å². The summed E-state index contributed by atoms with van der Waals surface area (Å²) in [6.45, 7) is 0. The zero-order chi connectivity index (χ0) is 31.4. The number of nitrogens with zero attached hydrogens (tertiary/aromatic N) is 2. The number of benzene rings is 2. The summed E-state index contributed by atoms with van der Waals surface area (Å²) in [6.07, 6.45) is -0.126. The molecule has 0 fully saturated rings. The summed E-state index contributed by atoms with van der Waals surface area (Å²) >= 11 is 3.03. The minimum absolute atomic E-state index is 0.0701. The number of methoxy groups -OCH3 is 1. The molecule has 0 saturated carbocycles. The molecule has 0 aliphatic carbocycles. The molecule has 0 saturated heterocycles. The smallest absolute Gasteiger partial charge is 0.407 e. The summed E-state index contributed by atoms with van der Waals surface area (Å²) in [6, 6.07) is 18.1. The Hall–Kier alpha value is -3.82. The van der Waals surface area contributed by atoms with Gasteiger partial charge in [0, 0.05) is 11.8 Å². The van der Waals surface area contributed by atoms with Crippen molar-refractivity contribution in [3.63, 3.8) is 0 Å². The third-order valence-corrected chi connectivity index (χ3v) is 7.90. The van der Waals surface area contributed by atoms with Gasteiger partial charge in [-0.1, -0.05) is 48.5 Å². The van der Waals surface area contributed by atoms with Gasteiger partial charge in [0.1, 0.15) is 16.8 Å². The molecule has 14 heteroatoms. The second-order valence-electron chi connectivity index (χ2n) is 9.76. The van der Waals surface area contributed by atoms with Crippen molar-refractivity contribution in [2.24, 2.45) is 5.14 Å². The third-order valence-electron chi connectivity index (χ3n) is 5.58. The largest absolute Gasteiger partial charge is 0.453 e. The number of hydrogen-bond donors (Lipinski definition) is 3. The average Bonchev–Trinajstić information content (AvgIpc) is 3.65. The Balaban J connectivity index is 0.00000119. The summed E-state index contributed by atoms with van der Waals surface area (Å²) < 4.78 is 31.9. The highest BCUT2D eigenvalue weighted by Crippen LogP contribution is 2.31. The van der Waals surface area contributed by atoms with Gasteiger partial charge in [-0.25, -0.2) is 9.78 Å². The van der Waals surface area contributed by atoms with Crippen molar-refractivity contribution in [1.29, 1.82) is 0 Å². The Labute approximate surface area is 259 Å². The van der Waals surface area contributed by atoms with Crippen LogP contribution in [0.15, 0.2) is 77.5 Å². The van der Waals surface area contributed by atoms with Gasteiger partial charge in [-0.15, -0.1) is 22.7 Å². The number of thiophene rings is 1. The van der Waals surface area contributed by atoms with Gasteiger partial charge in [-0.2, -0.15) is 13.6 Å². The maximum Gasteiger partial charge on any atom is 0.407 e. The molecule has 0 aliphatic rings. The first-order valence-corrected chi connectivity index (χ1v) is 16.3. The van der Waals surface area contributed by atoms with Crippen LogP contribution in [0.5, 0.6) is 5.75 Å². The molecule has 2 aromatic carbocycles. The van der Waals surface area contributed by atoms with Gasteiger partial charge in [-0.3, -0.25) is 4.79 Å². The molecule has 43 heavy (non-hydrogen) atoms. The number of ether oxygens (including phenoxy) is 1. The third kappa shape index (κ3) is 11.8. The van der Waals surface area contributed by atoms with E-state index in [2.05, 4.69) is 10.6 Å². The van der Waals surface area contributed by atoms with E-state index in [9.17, 15) is 18.0 Å². The lowest BCUT2D eigenvalue weighted by molar-refractivity contribution is -0.123. The Morgan fingerprint density at radius 3 is 2.16 bits per heavy atom. The molecule has 2 atom stereocenters. The van der Waals surface area contributed by atoms with Crippen LogP contribution in [0.25, 0.3) is 9.88 Å². The fraction of sp³-hybridized carbons (Fsp3) is 0.276. The van der Waals surface area contributed by atoms with E-state index in [0.29, 0.717) is 12.1 Å². The number of nitrogens with one attached hydrogen (secondary N) is 2. The van der Waals surface area contributed by atoms with Gasteiger partial charge in [0.15, 0.2) is 0 Å². The molecule has 11 nitrogen and oxygen atoms in total. The van der Waals surface area contributed by atoms with Crippen molar-refractivity contribution >= 4 is 45.0 Å². The predicted octanol–water partition coefficient (Wildman–Crippen LogP) is 4.00. The number of thiazole rings is 1. The Morgan fingerprint density at radius 1 is 0.930 bits per heavy atom. The van der Waals surface area contributed by atoms with Crippen LogP contribution in [0.1, 0.15) is 22.9 Å². The first-order valence-electron chi connectivity index (χ1n) is 13.0. The van der Waals surface area contributed by atoms with Crippen molar-refractivity contribution in [2.45, 2.75) is 24.9 Å². The molecule has 0 aliphatic heterocycles. The SMILES string of the molecule is CN(C)C.COC(=O)N[C@@H](Cc1ccccc1)C(=O)N[C@@H](Cc1ccc(OS(N)(=O)=O)cc1)c1csc(-c2cccs2)n1. The van der Waals surface area contributed by atoms with Crippen LogP contribution in [0.3, 0.4) is 0 Å². The quantitative estimate of drug-likeness (QED) is 0.221. The highest BCUT2D eigenvalue weighted by molar-refractivity contribution is 7.84. The van der Waals surface area contributed by atoms with Crippen LogP contribution < -0.4 is 20.0 Å². The molecule has 4 rings (SSSR count). The summed E-state index contributed by atoms with van der Waals surface area (Å²) in [5, 5.41) is 15.3. The number of alkyl carbamates (subject to hydrolysis) is 1. The molecule has 0 unspecified atom stereocenters. The Morgan fingerprint density at radius 2 is 1.58 bits per heavy atom. The summed E-state index contributed by atoms with van der Waals surface area (Å²) in [5.74, 6) is -0.338. The van der Waals surface area contributed by atoms with Gasteiger partial charge in [0.05, 0.1) is 23.7 Å². The van der Waals surface area contributed by atoms with E-state index in [1.807, 2.05) is 79.3 Å². The minimum atomic E-state index is -4.15. The van der Waals surface area contributed by atoms with E-state index >= 15 is 0 Å². The molecule has 0 spiro atoms. The maximum absolute atomic E-state index is 13.5. The lowest BCUT2D eigenvalue weighted by Crippen LogP contribution is -2.49. The van der Waals surface area contributed by atoms with E-state index in [-0.39, 0.29) is 12.2 Å². The molecule has 2 aromatic heterocycles. The van der Waals surface area contributed by atoms with Crippen LogP contribution in [0.2, 0.25) is 0 Å². The van der Waals surface area contributed by atoms with Gasteiger partial charge in [-0.05, 0) is 62.3 Å². The molecular formula is C29H35N5O6S3. The van der Waals surface area contributed by atoms with E-state index < -0.39 is 34.4 Å². The lowest BCUT2D eigenvalue weighted by Gasteiger charge is -2.23. The molecule has 230 valence electrons. The molecule has 0 bridgehead atoms. The molecule has 4 N–H and O–H groups in total. The van der Waals surface area contributed by atoms with Gasteiger partial charge in [0.2, 0.25) is 5.91 Å². The fourth-order valence-electron chi connectivity index (χ4n) is 3.77. The van der Waals surface area contributed by atoms with Crippen LogP contribution in [0, 0.1) is 0 Å². The Kier molecular flexibility index (Phi) is 12.6. The maximum atomic E-state index is 13.5. The number of aromatic nitrogens is 1. The predicted molar refractivity (Wildman–Crippen MR) is 169 cm³/mol. The van der Waals surface area contributed by atoms with Crippen LogP contribution in [-0.2, 0) is 32.7 Å². The number of rotatable bonds is 11. The molecule has 0 radical (unpaired) electrons. The van der Waals surface area contributed by atoms with Gasteiger partial charge < -0.3 is 24.5 Å². The van der Waals surface area contributed by atoms with Crippen LogP contribution in [-0.4, -0.2) is 64.6 Å². The highest BCUT2D eigenvalue weighted by Gasteiger charge is 2.26. The van der Waals surface area contributed by atoms with Crippen molar-refractivity contribution in [1.82, 2.24) is 20.5 Å². The van der Waals surface area contributed by atoms with Gasteiger partial charge in [0.25, 0.3) is 0 Å².